The third kappa shape index (κ3) is 2.65. The Bertz CT molecular complexity index is 322. The Hall–Kier alpha value is -1.18. The fourth-order valence-electron chi connectivity index (χ4n) is 1.91. The molecule has 0 bridgehead atoms. The van der Waals surface area contributed by atoms with Gasteiger partial charge in [0.25, 0.3) is 0 Å². The lowest BCUT2D eigenvalue weighted by molar-refractivity contribution is 0.317. The van der Waals surface area contributed by atoms with Crippen LogP contribution >= 0.6 is 0 Å². The summed E-state index contributed by atoms with van der Waals surface area (Å²) in [5.74, 6) is 0.991. The minimum atomic E-state index is 0.804. The summed E-state index contributed by atoms with van der Waals surface area (Å²) < 4.78 is 5.62. The molecule has 0 radical (unpaired) electrons. The summed E-state index contributed by atoms with van der Waals surface area (Å²) in [6.45, 7) is 4.02. The lowest BCUT2D eigenvalue weighted by Gasteiger charge is -2.10. The maximum absolute atomic E-state index is 5.62. The zero-order valence-electron chi connectivity index (χ0n) is 9.38. The van der Waals surface area contributed by atoms with Gasteiger partial charge in [0.2, 0.25) is 0 Å². The average molecular weight is 205 g/mol. The molecule has 0 amide bonds. The molecule has 0 atom stereocenters. The fourth-order valence-corrected chi connectivity index (χ4v) is 1.91. The predicted octanol–water partition coefficient (Wildman–Crippen LogP) is 3.22. The van der Waals surface area contributed by atoms with Crippen LogP contribution in [0.1, 0.15) is 31.7 Å². The second-order valence-corrected chi connectivity index (χ2v) is 4.05. The Morgan fingerprint density at radius 3 is 3.13 bits per heavy atom. The largest absolute Gasteiger partial charge is 0.494 e. The van der Waals surface area contributed by atoms with Gasteiger partial charge in [0.1, 0.15) is 5.75 Å². The third-order valence-corrected chi connectivity index (χ3v) is 2.74. The maximum Gasteiger partial charge on any atom is 0.121 e. The summed E-state index contributed by atoms with van der Waals surface area (Å²) in [6, 6.07) is 6.41. The molecule has 0 saturated heterocycles. The standard InChI is InChI=1S/C13H19NO/c1-2-9-15-12-7-6-11-5-3-4-8-14-13(11)10-12/h6-7,10,14H,2-5,8-9H2,1H3. The molecule has 2 heteroatoms. The highest BCUT2D eigenvalue weighted by molar-refractivity contribution is 5.55. The van der Waals surface area contributed by atoms with E-state index in [1.54, 1.807) is 0 Å². The highest BCUT2D eigenvalue weighted by Crippen LogP contribution is 2.26. The van der Waals surface area contributed by atoms with Crippen LogP contribution in [0.4, 0.5) is 5.69 Å². The molecule has 0 fully saturated rings. The molecular weight excluding hydrogens is 186 g/mol. The summed E-state index contributed by atoms with van der Waals surface area (Å²) in [4.78, 5) is 0. The summed E-state index contributed by atoms with van der Waals surface area (Å²) in [7, 11) is 0. The number of hydrogen-bond donors (Lipinski definition) is 1. The van der Waals surface area contributed by atoms with Crippen LogP contribution in [-0.2, 0) is 6.42 Å². The SMILES string of the molecule is CCCOc1ccc2c(c1)NCCCC2. The molecule has 0 aromatic heterocycles. The number of rotatable bonds is 3. The quantitative estimate of drug-likeness (QED) is 0.818. The van der Waals surface area contributed by atoms with Crippen molar-refractivity contribution in [3.8, 4) is 5.75 Å². The Morgan fingerprint density at radius 1 is 1.33 bits per heavy atom. The first-order valence-corrected chi connectivity index (χ1v) is 5.90. The maximum atomic E-state index is 5.62. The zero-order valence-corrected chi connectivity index (χ0v) is 9.38. The van der Waals surface area contributed by atoms with Gasteiger partial charge in [0.15, 0.2) is 0 Å². The summed E-state index contributed by atoms with van der Waals surface area (Å²) in [6.07, 6.45) is 4.80. The van der Waals surface area contributed by atoms with Crippen LogP contribution in [0, 0.1) is 0 Å². The Labute approximate surface area is 91.6 Å². The van der Waals surface area contributed by atoms with E-state index in [1.807, 2.05) is 0 Å². The van der Waals surface area contributed by atoms with Crippen LogP contribution in [0.15, 0.2) is 18.2 Å². The van der Waals surface area contributed by atoms with Gasteiger partial charge < -0.3 is 10.1 Å². The lowest BCUT2D eigenvalue weighted by Crippen LogP contribution is -2.01. The van der Waals surface area contributed by atoms with Crippen molar-refractivity contribution in [3.63, 3.8) is 0 Å². The molecule has 1 N–H and O–H groups in total. The molecule has 1 aliphatic heterocycles. The molecule has 1 aromatic rings. The van der Waals surface area contributed by atoms with Gasteiger partial charge in [-0.3, -0.25) is 0 Å². The van der Waals surface area contributed by atoms with E-state index in [0.29, 0.717) is 0 Å². The molecule has 1 heterocycles. The van der Waals surface area contributed by atoms with Gasteiger partial charge in [-0.1, -0.05) is 13.0 Å². The van der Waals surface area contributed by atoms with Gasteiger partial charge in [-0.15, -0.1) is 0 Å². The normalized spacial score (nSPS) is 15.0. The number of fused-ring (bicyclic) bond motifs is 1. The van der Waals surface area contributed by atoms with Gasteiger partial charge in [-0.05, 0) is 37.3 Å². The van der Waals surface area contributed by atoms with E-state index in [2.05, 4.69) is 30.4 Å². The highest BCUT2D eigenvalue weighted by atomic mass is 16.5. The number of aryl methyl sites for hydroxylation is 1. The first-order valence-electron chi connectivity index (χ1n) is 5.90. The van der Waals surface area contributed by atoms with Crippen molar-refractivity contribution in [1.29, 1.82) is 0 Å². The Kier molecular flexibility index (Phi) is 3.49. The van der Waals surface area contributed by atoms with Gasteiger partial charge in [-0.25, -0.2) is 0 Å². The Balaban J connectivity index is 2.13. The highest BCUT2D eigenvalue weighted by Gasteiger charge is 2.07. The van der Waals surface area contributed by atoms with E-state index in [4.69, 9.17) is 4.74 Å². The molecule has 0 spiro atoms. The van der Waals surface area contributed by atoms with E-state index >= 15 is 0 Å². The average Bonchev–Trinajstić information content (AvgIpc) is 2.50. The Morgan fingerprint density at radius 2 is 2.27 bits per heavy atom. The van der Waals surface area contributed by atoms with Gasteiger partial charge >= 0.3 is 0 Å². The minimum absolute atomic E-state index is 0.804. The zero-order chi connectivity index (χ0) is 10.5. The molecule has 0 saturated carbocycles. The van der Waals surface area contributed by atoms with E-state index in [0.717, 1.165) is 25.3 Å². The summed E-state index contributed by atoms with van der Waals surface area (Å²) in [5.41, 5.74) is 2.69. The predicted molar refractivity (Wildman–Crippen MR) is 63.7 cm³/mol. The summed E-state index contributed by atoms with van der Waals surface area (Å²) in [5, 5.41) is 3.46. The molecule has 2 rings (SSSR count). The number of ether oxygens (including phenoxy) is 1. The van der Waals surface area contributed by atoms with Crippen molar-refractivity contribution in [1.82, 2.24) is 0 Å². The topological polar surface area (TPSA) is 21.3 Å². The van der Waals surface area contributed by atoms with Crippen LogP contribution < -0.4 is 10.1 Å². The third-order valence-electron chi connectivity index (χ3n) is 2.74. The number of benzene rings is 1. The number of anilines is 1. The molecule has 1 aliphatic rings. The van der Waals surface area contributed by atoms with Gasteiger partial charge in [0, 0.05) is 18.3 Å². The molecule has 0 aliphatic carbocycles. The molecular formula is C13H19NO. The van der Waals surface area contributed by atoms with Crippen molar-refractivity contribution in [2.24, 2.45) is 0 Å². The molecule has 15 heavy (non-hydrogen) atoms. The molecule has 82 valence electrons. The van der Waals surface area contributed by atoms with E-state index in [1.165, 1.54) is 30.5 Å². The lowest BCUT2D eigenvalue weighted by atomic mass is 10.1. The van der Waals surface area contributed by atoms with Gasteiger partial charge in [-0.2, -0.15) is 0 Å². The second-order valence-electron chi connectivity index (χ2n) is 4.05. The van der Waals surface area contributed by atoms with Gasteiger partial charge in [0.05, 0.1) is 6.61 Å². The van der Waals surface area contributed by atoms with Crippen LogP contribution in [0.25, 0.3) is 0 Å². The minimum Gasteiger partial charge on any atom is -0.494 e. The number of nitrogens with one attached hydrogen (secondary N) is 1. The first-order chi connectivity index (χ1) is 7.40. The summed E-state index contributed by atoms with van der Waals surface area (Å²) >= 11 is 0. The second kappa shape index (κ2) is 5.06. The van der Waals surface area contributed by atoms with Crippen molar-refractivity contribution < 1.29 is 4.74 Å². The van der Waals surface area contributed by atoms with Crippen LogP contribution in [-0.4, -0.2) is 13.2 Å². The smallest absolute Gasteiger partial charge is 0.121 e. The number of hydrogen-bond acceptors (Lipinski definition) is 2. The van der Waals surface area contributed by atoms with Crippen molar-refractivity contribution in [2.75, 3.05) is 18.5 Å². The van der Waals surface area contributed by atoms with E-state index in [-0.39, 0.29) is 0 Å². The first kappa shape index (κ1) is 10.3. The fraction of sp³-hybridized carbons (Fsp3) is 0.538. The van der Waals surface area contributed by atoms with Crippen LogP contribution in [0.2, 0.25) is 0 Å². The van der Waals surface area contributed by atoms with Crippen LogP contribution in [0.3, 0.4) is 0 Å². The van der Waals surface area contributed by atoms with E-state index in [9.17, 15) is 0 Å². The van der Waals surface area contributed by atoms with Crippen molar-refractivity contribution >= 4 is 5.69 Å². The van der Waals surface area contributed by atoms with Crippen molar-refractivity contribution in [2.45, 2.75) is 32.6 Å². The molecule has 0 unspecified atom stereocenters. The monoisotopic (exact) mass is 205 g/mol. The molecule has 2 nitrogen and oxygen atoms in total. The van der Waals surface area contributed by atoms with Crippen molar-refractivity contribution in [3.05, 3.63) is 23.8 Å². The van der Waals surface area contributed by atoms with E-state index < -0.39 is 0 Å². The van der Waals surface area contributed by atoms with Crippen LogP contribution in [0.5, 0.6) is 5.75 Å². The molecule has 1 aromatic carbocycles.